The van der Waals surface area contributed by atoms with Crippen LogP contribution in [-0.2, 0) is 6.54 Å². The maximum atomic E-state index is 6.21. The average molecular weight is 290 g/mol. The molecular formula is C16H20ClN3. The summed E-state index contributed by atoms with van der Waals surface area (Å²) in [7, 11) is 2.10. The Bertz CT molecular complexity index is 530. The molecule has 1 aromatic heterocycles. The minimum absolute atomic E-state index is 0.0218. The van der Waals surface area contributed by atoms with E-state index >= 15 is 0 Å². The van der Waals surface area contributed by atoms with Gasteiger partial charge in [0.1, 0.15) is 0 Å². The summed E-state index contributed by atoms with van der Waals surface area (Å²) in [5.74, 6) is 0. The van der Waals surface area contributed by atoms with Crippen molar-refractivity contribution in [2.24, 2.45) is 5.73 Å². The van der Waals surface area contributed by atoms with Crippen LogP contribution in [0.25, 0.3) is 0 Å². The van der Waals surface area contributed by atoms with Crippen LogP contribution < -0.4 is 5.73 Å². The van der Waals surface area contributed by atoms with Gasteiger partial charge in [-0.3, -0.25) is 4.98 Å². The van der Waals surface area contributed by atoms with Gasteiger partial charge in [0.25, 0.3) is 0 Å². The summed E-state index contributed by atoms with van der Waals surface area (Å²) in [6.45, 7) is 1.85. The highest BCUT2D eigenvalue weighted by Crippen LogP contribution is 2.18. The van der Waals surface area contributed by atoms with Gasteiger partial charge in [-0.1, -0.05) is 23.7 Å². The Morgan fingerprint density at radius 1 is 1.25 bits per heavy atom. The summed E-state index contributed by atoms with van der Waals surface area (Å²) in [6, 6.07) is 11.9. The summed E-state index contributed by atoms with van der Waals surface area (Å²) < 4.78 is 0. The molecule has 20 heavy (non-hydrogen) atoms. The molecule has 2 aromatic rings. The maximum Gasteiger partial charge on any atom is 0.0409 e. The third-order valence-electron chi connectivity index (χ3n) is 3.30. The number of hydrogen-bond donors (Lipinski definition) is 1. The second-order valence-corrected chi connectivity index (χ2v) is 5.48. The molecule has 0 aliphatic carbocycles. The summed E-state index contributed by atoms with van der Waals surface area (Å²) in [6.07, 6.45) is 4.55. The molecule has 0 saturated carbocycles. The van der Waals surface area contributed by atoms with Gasteiger partial charge < -0.3 is 10.6 Å². The zero-order chi connectivity index (χ0) is 14.4. The predicted octanol–water partition coefficient (Wildman–Crippen LogP) is 3.26. The van der Waals surface area contributed by atoms with Crippen molar-refractivity contribution in [3.63, 3.8) is 0 Å². The lowest BCUT2D eigenvalue weighted by Crippen LogP contribution is -2.23. The van der Waals surface area contributed by atoms with E-state index < -0.39 is 0 Å². The molecule has 1 aromatic carbocycles. The van der Waals surface area contributed by atoms with Crippen LogP contribution in [0.2, 0.25) is 5.02 Å². The Hall–Kier alpha value is -1.42. The third-order valence-corrected chi connectivity index (χ3v) is 3.54. The highest BCUT2D eigenvalue weighted by Gasteiger charge is 2.08. The van der Waals surface area contributed by atoms with Crippen molar-refractivity contribution in [2.45, 2.75) is 19.0 Å². The zero-order valence-corrected chi connectivity index (χ0v) is 12.4. The lowest BCUT2D eigenvalue weighted by atomic mass is 10.0. The molecule has 4 heteroatoms. The first-order valence-corrected chi connectivity index (χ1v) is 7.11. The lowest BCUT2D eigenvalue weighted by molar-refractivity contribution is 0.311. The number of nitrogens with two attached hydrogens (primary N) is 1. The fourth-order valence-electron chi connectivity index (χ4n) is 2.14. The van der Waals surface area contributed by atoms with E-state index in [0.29, 0.717) is 0 Å². The number of rotatable bonds is 6. The van der Waals surface area contributed by atoms with E-state index in [-0.39, 0.29) is 6.04 Å². The largest absolute Gasteiger partial charge is 0.324 e. The number of halogens is 1. The smallest absolute Gasteiger partial charge is 0.0409 e. The number of benzene rings is 1. The fourth-order valence-corrected chi connectivity index (χ4v) is 2.34. The Morgan fingerprint density at radius 3 is 2.70 bits per heavy atom. The van der Waals surface area contributed by atoms with Crippen molar-refractivity contribution >= 4 is 11.6 Å². The van der Waals surface area contributed by atoms with Crippen LogP contribution in [0.3, 0.4) is 0 Å². The van der Waals surface area contributed by atoms with Gasteiger partial charge in [0.2, 0.25) is 0 Å². The van der Waals surface area contributed by atoms with Crippen LogP contribution in [0, 0.1) is 0 Å². The molecule has 106 valence electrons. The highest BCUT2D eigenvalue weighted by molar-refractivity contribution is 6.30. The Kier molecular flexibility index (Phi) is 5.53. The van der Waals surface area contributed by atoms with Crippen molar-refractivity contribution in [3.05, 3.63) is 64.9 Å². The first-order valence-electron chi connectivity index (χ1n) is 6.73. The molecule has 0 amide bonds. The monoisotopic (exact) mass is 289 g/mol. The van der Waals surface area contributed by atoms with Crippen LogP contribution in [0.15, 0.2) is 48.8 Å². The van der Waals surface area contributed by atoms with E-state index in [1.54, 1.807) is 0 Å². The standard InChI is InChI=1S/C16H20ClN3/c1-20(12-13-5-8-19-9-6-13)10-7-16(18)14-3-2-4-15(17)11-14/h2-6,8-9,11,16H,7,10,12,18H2,1H3. The number of pyridine rings is 1. The van der Waals surface area contributed by atoms with E-state index in [4.69, 9.17) is 17.3 Å². The second-order valence-electron chi connectivity index (χ2n) is 5.04. The first kappa shape index (κ1) is 15.0. The van der Waals surface area contributed by atoms with Gasteiger partial charge in [-0.25, -0.2) is 0 Å². The molecule has 0 aliphatic heterocycles. The molecule has 1 unspecified atom stereocenters. The summed E-state index contributed by atoms with van der Waals surface area (Å²) in [5, 5.41) is 0.739. The molecule has 2 N–H and O–H groups in total. The normalized spacial score (nSPS) is 12.6. The van der Waals surface area contributed by atoms with E-state index in [1.807, 2.05) is 48.8 Å². The van der Waals surface area contributed by atoms with E-state index in [2.05, 4.69) is 16.9 Å². The van der Waals surface area contributed by atoms with Crippen LogP contribution in [0.1, 0.15) is 23.6 Å². The van der Waals surface area contributed by atoms with Crippen molar-refractivity contribution in [1.82, 2.24) is 9.88 Å². The molecule has 2 rings (SSSR count). The van der Waals surface area contributed by atoms with Gasteiger partial charge in [0.15, 0.2) is 0 Å². The van der Waals surface area contributed by atoms with Crippen molar-refractivity contribution in [2.75, 3.05) is 13.6 Å². The van der Waals surface area contributed by atoms with Crippen molar-refractivity contribution in [1.29, 1.82) is 0 Å². The zero-order valence-electron chi connectivity index (χ0n) is 11.7. The van der Waals surface area contributed by atoms with Crippen molar-refractivity contribution in [3.8, 4) is 0 Å². The minimum atomic E-state index is 0.0218. The summed E-state index contributed by atoms with van der Waals surface area (Å²) >= 11 is 5.99. The van der Waals surface area contributed by atoms with Gasteiger partial charge in [0.05, 0.1) is 0 Å². The minimum Gasteiger partial charge on any atom is -0.324 e. The maximum absolute atomic E-state index is 6.21. The molecule has 0 aliphatic rings. The van der Waals surface area contributed by atoms with Gasteiger partial charge >= 0.3 is 0 Å². The molecule has 0 radical (unpaired) electrons. The Labute approximate surface area is 125 Å². The number of nitrogens with zero attached hydrogens (tertiary/aromatic N) is 2. The van der Waals surface area contributed by atoms with Gasteiger partial charge in [-0.05, 0) is 55.4 Å². The summed E-state index contributed by atoms with van der Waals surface area (Å²) in [4.78, 5) is 6.29. The quantitative estimate of drug-likeness (QED) is 0.887. The second kappa shape index (κ2) is 7.39. The van der Waals surface area contributed by atoms with Gasteiger partial charge in [0, 0.05) is 30.0 Å². The molecule has 0 fully saturated rings. The number of hydrogen-bond acceptors (Lipinski definition) is 3. The van der Waals surface area contributed by atoms with Crippen molar-refractivity contribution < 1.29 is 0 Å². The van der Waals surface area contributed by atoms with Gasteiger partial charge in [-0.2, -0.15) is 0 Å². The van der Waals surface area contributed by atoms with Gasteiger partial charge in [-0.15, -0.1) is 0 Å². The average Bonchev–Trinajstić information content (AvgIpc) is 2.46. The van der Waals surface area contributed by atoms with Crippen LogP contribution in [0.5, 0.6) is 0 Å². The SMILES string of the molecule is CN(CCC(N)c1cccc(Cl)c1)Cc1ccncc1. The van der Waals surface area contributed by atoms with E-state index in [0.717, 1.165) is 30.1 Å². The summed E-state index contributed by atoms with van der Waals surface area (Å²) in [5.41, 5.74) is 8.57. The molecule has 0 bridgehead atoms. The van der Waals surface area contributed by atoms with E-state index in [1.165, 1.54) is 5.56 Å². The topological polar surface area (TPSA) is 42.1 Å². The van der Waals surface area contributed by atoms with Crippen LogP contribution in [-0.4, -0.2) is 23.5 Å². The highest BCUT2D eigenvalue weighted by atomic mass is 35.5. The number of aromatic nitrogens is 1. The van der Waals surface area contributed by atoms with Crippen LogP contribution in [0.4, 0.5) is 0 Å². The van der Waals surface area contributed by atoms with E-state index in [9.17, 15) is 0 Å². The first-order chi connectivity index (χ1) is 9.65. The predicted molar refractivity (Wildman–Crippen MR) is 83.6 cm³/mol. The molecular weight excluding hydrogens is 270 g/mol. The molecule has 1 heterocycles. The van der Waals surface area contributed by atoms with Crippen LogP contribution >= 0.6 is 11.6 Å². The molecule has 3 nitrogen and oxygen atoms in total. The Morgan fingerprint density at radius 2 is 2.00 bits per heavy atom. The Balaban J connectivity index is 1.82. The molecule has 1 atom stereocenters. The molecule has 0 spiro atoms. The third kappa shape index (κ3) is 4.60. The lowest BCUT2D eigenvalue weighted by Gasteiger charge is -2.19. The molecule has 0 saturated heterocycles. The fraction of sp³-hybridized carbons (Fsp3) is 0.312.